The molecule has 2 rings (SSSR count). The monoisotopic (exact) mass is 351 g/mol. The molecule has 0 N–H and O–H groups in total. The number of hydrogen-bond donors (Lipinski definition) is 0. The highest BCUT2D eigenvalue weighted by Gasteiger charge is 2.08. The Kier molecular flexibility index (Phi) is 6.02. The average Bonchev–Trinajstić information content (AvgIpc) is 2.51. The number of oxime groups is 1. The van der Waals surface area contributed by atoms with Gasteiger partial charge < -0.3 is 9.57 Å². The van der Waals surface area contributed by atoms with Crippen molar-refractivity contribution in [1.82, 2.24) is 0 Å². The van der Waals surface area contributed by atoms with E-state index in [2.05, 4.69) is 5.16 Å². The maximum atomic E-state index is 11.9. The van der Waals surface area contributed by atoms with Crippen molar-refractivity contribution in [1.29, 1.82) is 0 Å². The third kappa shape index (κ3) is 5.27. The van der Waals surface area contributed by atoms with Crippen LogP contribution in [0.25, 0.3) is 0 Å². The number of ether oxygens (including phenoxy) is 1. The second kappa shape index (κ2) is 7.99. The first kappa shape index (κ1) is 17.3. The lowest BCUT2D eigenvalue weighted by Crippen LogP contribution is -2.10. The van der Waals surface area contributed by atoms with Crippen LogP contribution in [0.2, 0.25) is 10.0 Å². The molecule has 0 unspecified atom stereocenters. The van der Waals surface area contributed by atoms with Gasteiger partial charge in [0, 0.05) is 5.02 Å². The second-order valence-electron chi connectivity index (χ2n) is 4.94. The van der Waals surface area contributed by atoms with Gasteiger partial charge >= 0.3 is 5.97 Å². The first-order valence-corrected chi connectivity index (χ1v) is 7.60. The van der Waals surface area contributed by atoms with Crippen LogP contribution in [0, 0.1) is 6.92 Å². The zero-order valence-electron chi connectivity index (χ0n) is 12.7. The molecule has 0 fully saturated rings. The number of benzene rings is 2. The van der Waals surface area contributed by atoms with E-state index >= 15 is 0 Å². The molecule has 6 heteroatoms. The number of halogens is 2. The number of hydrogen-bond acceptors (Lipinski definition) is 4. The van der Waals surface area contributed by atoms with Crippen LogP contribution in [0.15, 0.2) is 47.6 Å². The van der Waals surface area contributed by atoms with E-state index in [0.717, 1.165) is 5.56 Å². The quantitative estimate of drug-likeness (QED) is 0.436. The fourth-order valence-corrected chi connectivity index (χ4v) is 2.21. The van der Waals surface area contributed by atoms with Gasteiger partial charge in [0.25, 0.3) is 0 Å². The Morgan fingerprint density at radius 2 is 1.96 bits per heavy atom. The van der Waals surface area contributed by atoms with Gasteiger partial charge in [0.05, 0.1) is 16.3 Å². The van der Waals surface area contributed by atoms with Crippen molar-refractivity contribution in [3.63, 3.8) is 0 Å². The second-order valence-corrected chi connectivity index (χ2v) is 5.78. The highest BCUT2D eigenvalue weighted by atomic mass is 35.5. The van der Waals surface area contributed by atoms with Crippen LogP contribution in [-0.2, 0) is 4.84 Å². The lowest BCUT2D eigenvalue weighted by Gasteiger charge is -2.07. The Morgan fingerprint density at radius 3 is 2.65 bits per heavy atom. The van der Waals surface area contributed by atoms with Crippen molar-refractivity contribution in [2.75, 3.05) is 6.61 Å². The van der Waals surface area contributed by atoms with E-state index in [0.29, 0.717) is 27.1 Å². The van der Waals surface area contributed by atoms with E-state index in [-0.39, 0.29) is 6.61 Å². The highest BCUT2D eigenvalue weighted by Crippen LogP contribution is 2.27. The van der Waals surface area contributed by atoms with Crippen LogP contribution in [0.1, 0.15) is 22.8 Å². The first-order valence-electron chi connectivity index (χ1n) is 6.85. The maximum absolute atomic E-state index is 11.9. The molecule has 0 aliphatic carbocycles. The van der Waals surface area contributed by atoms with Gasteiger partial charge in [-0.2, -0.15) is 0 Å². The summed E-state index contributed by atoms with van der Waals surface area (Å²) in [6, 6.07) is 12.0. The smallest absolute Gasteiger partial charge is 0.365 e. The van der Waals surface area contributed by atoms with E-state index in [1.807, 2.05) is 13.0 Å². The first-order chi connectivity index (χ1) is 11.0. The predicted molar refractivity (Wildman–Crippen MR) is 91.7 cm³/mol. The van der Waals surface area contributed by atoms with Crippen molar-refractivity contribution >= 4 is 34.9 Å². The minimum Gasteiger partial charge on any atom is -0.486 e. The molecule has 23 heavy (non-hydrogen) atoms. The summed E-state index contributed by atoms with van der Waals surface area (Å²) in [4.78, 5) is 16.8. The normalized spacial score (nSPS) is 11.2. The molecule has 0 aromatic heterocycles. The van der Waals surface area contributed by atoms with Gasteiger partial charge in [-0.1, -0.05) is 46.1 Å². The SMILES string of the molecule is C/C(COc1ccc(Cl)cc1Cl)=N/OC(=O)c1cccc(C)c1. The molecule has 4 nitrogen and oxygen atoms in total. The lowest BCUT2D eigenvalue weighted by molar-refractivity contribution is 0.0514. The van der Waals surface area contributed by atoms with E-state index in [9.17, 15) is 4.79 Å². The number of nitrogens with zero attached hydrogens (tertiary/aromatic N) is 1. The molecule has 120 valence electrons. The largest absolute Gasteiger partial charge is 0.486 e. The summed E-state index contributed by atoms with van der Waals surface area (Å²) in [6.07, 6.45) is 0. The van der Waals surface area contributed by atoms with Crippen molar-refractivity contribution in [2.45, 2.75) is 13.8 Å². The van der Waals surface area contributed by atoms with E-state index < -0.39 is 5.97 Å². The van der Waals surface area contributed by atoms with Gasteiger partial charge in [-0.15, -0.1) is 0 Å². The summed E-state index contributed by atoms with van der Waals surface area (Å²) in [5.41, 5.74) is 1.92. The van der Waals surface area contributed by atoms with Crippen LogP contribution in [0.5, 0.6) is 5.75 Å². The Hall–Kier alpha value is -2.04. The molecule has 0 spiro atoms. The fourth-order valence-electron chi connectivity index (χ4n) is 1.74. The van der Waals surface area contributed by atoms with Crippen LogP contribution >= 0.6 is 23.2 Å². The number of carbonyl (C=O) groups excluding carboxylic acids is 1. The molecule has 0 saturated carbocycles. The zero-order chi connectivity index (χ0) is 16.8. The minimum absolute atomic E-state index is 0.141. The zero-order valence-corrected chi connectivity index (χ0v) is 14.2. The fraction of sp³-hybridized carbons (Fsp3) is 0.176. The molecule has 2 aromatic carbocycles. The van der Waals surface area contributed by atoms with Gasteiger partial charge in [0.2, 0.25) is 0 Å². The highest BCUT2D eigenvalue weighted by molar-refractivity contribution is 6.35. The van der Waals surface area contributed by atoms with Crippen molar-refractivity contribution in [2.24, 2.45) is 5.16 Å². The van der Waals surface area contributed by atoms with Gasteiger partial charge in [0.15, 0.2) is 0 Å². The Labute approximate surface area is 144 Å². The van der Waals surface area contributed by atoms with Crippen molar-refractivity contribution < 1.29 is 14.4 Å². The molecular weight excluding hydrogens is 337 g/mol. The van der Waals surface area contributed by atoms with Gasteiger partial charge in [-0.25, -0.2) is 4.79 Å². The molecular formula is C17H15Cl2NO3. The number of aryl methyl sites for hydroxylation is 1. The van der Waals surface area contributed by atoms with Crippen molar-refractivity contribution in [3.8, 4) is 5.75 Å². The van der Waals surface area contributed by atoms with Gasteiger partial charge in [-0.05, 0) is 44.2 Å². The van der Waals surface area contributed by atoms with E-state index in [1.165, 1.54) is 0 Å². The standard InChI is InChI=1S/C17H15Cl2NO3/c1-11-4-3-5-13(8-11)17(21)23-20-12(2)10-22-16-7-6-14(18)9-15(16)19/h3-9H,10H2,1-2H3/b20-12-. The maximum Gasteiger partial charge on any atom is 0.365 e. The van der Waals surface area contributed by atoms with Gasteiger partial charge in [-0.3, -0.25) is 0 Å². The summed E-state index contributed by atoms with van der Waals surface area (Å²) in [6.45, 7) is 3.73. The molecule has 0 amide bonds. The van der Waals surface area contributed by atoms with Gasteiger partial charge in [0.1, 0.15) is 12.4 Å². The van der Waals surface area contributed by atoms with Crippen LogP contribution in [0.4, 0.5) is 0 Å². The van der Waals surface area contributed by atoms with Crippen LogP contribution < -0.4 is 4.74 Å². The average molecular weight is 352 g/mol. The molecule has 0 aliphatic heterocycles. The third-order valence-corrected chi connectivity index (χ3v) is 3.40. The summed E-state index contributed by atoms with van der Waals surface area (Å²) in [5, 5.41) is 4.70. The Bertz CT molecular complexity index is 744. The summed E-state index contributed by atoms with van der Waals surface area (Å²) in [5.74, 6) is -0.0341. The van der Waals surface area contributed by atoms with E-state index in [4.69, 9.17) is 32.8 Å². The molecule has 0 aliphatic rings. The minimum atomic E-state index is -0.516. The topological polar surface area (TPSA) is 47.9 Å². The lowest BCUT2D eigenvalue weighted by atomic mass is 10.1. The molecule has 2 aromatic rings. The molecule has 0 saturated heterocycles. The van der Waals surface area contributed by atoms with Crippen molar-refractivity contribution in [3.05, 3.63) is 63.6 Å². The molecule has 0 heterocycles. The number of rotatable bonds is 5. The molecule has 0 radical (unpaired) electrons. The third-order valence-electron chi connectivity index (χ3n) is 2.87. The molecule has 0 bridgehead atoms. The summed E-state index contributed by atoms with van der Waals surface area (Å²) in [7, 11) is 0. The Balaban J connectivity index is 1.91. The van der Waals surface area contributed by atoms with Crippen LogP contribution in [0.3, 0.4) is 0 Å². The number of carbonyl (C=O) groups is 1. The summed E-state index contributed by atoms with van der Waals surface area (Å²) < 4.78 is 5.50. The molecule has 0 atom stereocenters. The van der Waals surface area contributed by atoms with E-state index in [1.54, 1.807) is 43.3 Å². The predicted octanol–water partition coefficient (Wildman–Crippen LogP) is 4.91. The van der Waals surface area contributed by atoms with Crippen LogP contribution in [-0.4, -0.2) is 18.3 Å². The summed E-state index contributed by atoms with van der Waals surface area (Å²) >= 11 is 11.8. The Morgan fingerprint density at radius 1 is 1.17 bits per heavy atom.